The van der Waals surface area contributed by atoms with Crippen LogP contribution in [0.5, 0.6) is 5.75 Å². The number of aryl methyl sites for hydroxylation is 2. The lowest BCUT2D eigenvalue weighted by atomic mass is 10.1. The molecule has 0 unspecified atom stereocenters. The first-order chi connectivity index (χ1) is 13.1. The van der Waals surface area contributed by atoms with E-state index < -0.39 is 0 Å². The van der Waals surface area contributed by atoms with E-state index in [9.17, 15) is 0 Å². The molecule has 27 heavy (non-hydrogen) atoms. The standard InChI is InChI=1S/C20H18BrN5O/c1-13-8-9-14(27-3)12-16(13)20-22-19(15-6-4-5-7-17(15)21)24-26(20)18-10-11-25(2)23-18/h4-12H,1-3H3. The van der Waals surface area contributed by atoms with E-state index in [1.165, 1.54) is 0 Å². The molecule has 0 aliphatic rings. The van der Waals surface area contributed by atoms with Gasteiger partial charge in [0.2, 0.25) is 0 Å². The van der Waals surface area contributed by atoms with Gasteiger partial charge in [0.1, 0.15) is 5.75 Å². The summed E-state index contributed by atoms with van der Waals surface area (Å²) in [7, 11) is 3.54. The Morgan fingerprint density at radius 2 is 1.81 bits per heavy atom. The van der Waals surface area contributed by atoms with Gasteiger partial charge < -0.3 is 4.74 Å². The summed E-state index contributed by atoms with van der Waals surface area (Å²) in [5.41, 5.74) is 2.96. The van der Waals surface area contributed by atoms with Crippen molar-refractivity contribution in [3.63, 3.8) is 0 Å². The fourth-order valence-electron chi connectivity index (χ4n) is 2.89. The molecule has 0 N–H and O–H groups in total. The van der Waals surface area contributed by atoms with Crippen LogP contribution in [0.2, 0.25) is 0 Å². The van der Waals surface area contributed by atoms with Crippen LogP contribution in [0.15, 0.2) is 59.2 Å². The van der Waals surface area contributed by atoms with Gasteiger partial charge in [-0.1, -0.05) is 34.1 Å². The number of nitrogens with zero attached hydrogens (tertiary/aromatic N) is 5. The van der Waals surface area contributed by atoms with Crippen molar-refractivity contribution in [2.75, 3.05) is 7.11 Å². The maximum absolute atomic E-state index is 5.41. The lowest BCUT2D eigenvalue weighted by molar-refractivity contribution is 0.415. The van der Waals surface area contributed by atoms with Crippen molar-refractivity contribution in [2.24, 2.45) is 7.05 Å². The predicted molar refractivity (Wildman–Crippen MR) is 108 cm³/mol. The van der Waals surface area contributed by atoms with Gasteiger partial charge in [-0.2, -0.15) is 9.78 Å². The second kappa shape index (κ2) is 7.00. The minimum absolute atomic E-state index is 0.630. The minimum atomic E-state index is 0.630. The lowest BCUT2D eigenvalue weighted by Crippen LogP contribution is -2.03. The van der Waals surface area contributed by atoms with E-state index >= 15 is 0 Å². The highest BCUT2D eigenvalue weighted by Gasteiger charge is 2.19. The molecular weight excluding hydrogens is 406 g/mol. The molecule has 0 bridgehead atoms. The van der Waals surface area contributed by atoms with E-state index in [0.29, 0.717) is 11.6 Å². The van der Waals surface area contributed by atoms with Crippen LogP contribution in [0.1, 0.15) is 5.56 Å². The van der Waals surface area contributed by atoms with Gasteiger partial charge >= 0.3 is 0 Å². The van der Waals surface area contributed by atoms with Crippen LogP contribution in [-0.4, -0.2) is 31.7 Å². The molecule has 4 rings (SSSR count). The predicted octanol–water partition coefficient (Wildman–Crippen LogP) is 4.41. The highest BCUT2D eigenvalue weighted by molar-refractivity contribution is 9.10. The van der Waals surface area contributed by atoms with Crippen LogP contribution in [0.3, 0.4) is 0 Å². The first-order valence-corrected chi connectivity index (χ1v) is 9.23. The van der Waals surface area contributed by atoms with Crippen molar-refractivity contribution in [1.82, 2.24) is 24.5 Å². The average Bonchev–Trinajstić information content (AvgIpc) is 3.29. The van der Waals surface area contributed by atoms with Gasteiger partial charge in [-0.25, -0.2) is 4.98 Å². The van der Waals surface area contributed by atoms with Gasteiger partial charge in [-0.05, 0) is 36.8 Å². The van der Waals surface area contributed by atoms with Gasteiger partial charge in [0.25, 0.3) is 0 Å². The summed E-state index contributed by atoms with van der Waals surface area (Å²) in [6.45, 7) is 2.05. The molecule has 7 heteroatoms. The van der Waals surface area contributed by atoms with Crippen molar-refractivity contribution in [3.8, 4) is 34.3 Å². The summed E-state index contributed by atoms with van der Waals surface area (Å²) in [5.74, 6) is 2.83. The van der Waals surface area contributed by atoms with E-state index in [1.54, 1.807) is 16.5 Å². The second-order valence-corrected chi connectivity index (χ2v) is 7.03. The molecule has 0 spiro atoms. The van der Waals surface area contributed by atoms with E-state index in [-0.39, 0.29) is 0 Å². The number of aromatic nitrogens is 5. The molecule has 2 aromatic carbocycles. The summed E-state index contributed by atoms with van der Waals surface area (Å²) >= 11 is 3.59. The van der Waals surface area contributed by atoms with Gasteiger partial charge in [-0.15, -0.1) is 5.10 Å². The minimum Gasteiger partial charge on any atom is -0.497 e. The Labute approximate surface area is 165 Å². The lowest BCUT2D eigenvalue weighted by Gasteiger charge is -2.08. The van der Waals surface area contributed by atoms with Crippen molar-refractivity contribution < 1.29 is 4.74 Å². The zero-order valence-corrected chi connectivity index (χ0v) is 16.8. The van der Waals surface area contributed by atoms with Crippen LogP contribution >= 0.6 is 15.9 Å². The Kier molecular flexibility index (Phi) is 4.53. The zero-order valence-electron chi connectivity index (χ0n) is 15.2. The normalized spacial score (nSPS) is 11.0. The number of rotatable bonds is 4. The third kappa shape index (κ3) is 3.26. The molecule has 2 heterocycles. The summed E-state index contributed by atoms with van der Waals surface area (Å²) in [6, 6.07) is 15.8. The van der Waals surface area contributed by atoms with Gasteiger partial charge in [0.15, 0.2) is 17.5 Å². The molecule has 0 radical (unpaired) electrons. The summed E-state index contributed by atoms with van der Waals surface area (Å²) < 4.78 is 9.87. The maximum atomic E-state index is 5.41. The number of ether oxygens (including phenoxy) is 1. The highest BCUT2D eigenvalue weighted by atomic mass is 79.9. The van der Waals surface area contributed by atoms with Crippen LogP contribution in [0.4, 0.5) is 0 Å². The highest BCUT2D eigenvalue weighted by Crippen LogP contribution is 2.32. The van der Waals surface area contributed by atoms with E-state index in [2.05, 4.69) is 21.0 Å². The molecule has 0 atom stereocenters. The monoisotopic (exact) mass is 423 g/mol. The van der Waals surface area contributed by atoms with Crippen molar-refractivity contribution >= 4 is 15.9 Å². The molecule has 2 aromatic heterocycles. The molecule has 0 saturated carbocycles. The van der Waals surface area contributed by atoms with E-state index in [0.717, 1.165) is 32.7 Å². The van der Waals surface area contributed by atoms with E-state index in [1.807, 2.05) is 68.7 Å². The Morgan fingerprint density at radius 3 is 2.52 bits per heavy atom. The first-order valence-electron chi connectivity index (χ1n) is 8.44. The van der Waals surface area contributed by atoms with E-state index in [4.69, 9.17) is 14.8 Å². The van der Waals surface area contributed by atoms with Crippen LogP contribution in [0.25, 0.3) is 28.6 Å². The first kappa shape index (κ1) is 17.5. The Bertz CT molecular complexity index is 1120. The zero-order chi connectivity index (χ0) is 19.0. The second-order valence-electron chi connectivity index (χ2n) is 6.18. The van der Waals surface area contributed by atoms with Gasteiger partial charge in [0, 0.05) is 34.9 Å². The molecule has 0 amide bonds. The SMILES string of the molecule is COc1ccc(C)c(-c2nc(-c3ccccc3Br)nn2-c2ccn(C)n2)c1. The third-order valence-corrected chi connectivity index (χ3v) is 5.02. The van der Waals surface area contributed by atoms with Gasteiger partial charge in [0.05, 0.1) is 7.11 Å². The van der Waals surface area contributed by atoms with Crippen LogP contribution in [-0.2, 0) is 7.05 Å². The topological polar surface area (TPSA) is 57.8 Å². The van der Waals surface area contributed by atoms with Crippen LogP contribution in [0, 0.1) is 6.92 Å². The fourth-order valence-corrected chi connectivity index (χ4v) is 3.35. The molecular formula is C20H18BrN5O. The van der Waals surface area contributed by atoms with Gasteiger partial charge in [-0.3, -0.25) is 4.68 Å². The summed E-state index contributed by atoms with van der Waals surface area (Å²) in [4.78, 5) is 4.85. The molecule has 0 aliphatic carbocycles. The number of benzene rings is 2. The Morgan fingerprint density at radius 1 is 1.00 bits per heavy atom. The smallest absolute Gasteiger partial charge is 0.183 e. The molecule has 0 fully saturated rings. The van der Waals surface area contributed by atoms with Crippen molar-refractivity contribution in [1.29, 1.82) is 0 Å². The molecule has 6 nitrogen and oxygen atoms in total. The maximum Gasteiger partial charge on any atom is 0.183 e. The molecule has 4 aromatic rings. The Hall–Kier alpha value is -2.93. The van der Waals surface area contributed by atoms with Crippen molar-refractivity contribution in [2.45, 2.75) is 6.92 Å². The summed E-state index contributed by atoms with van der Waals surface area (Å²) in [5, 5.41) is 9.26. The molecule has 0 saturated heterocycles. The number of hydrogen-bond donors (Lipinski definition) is 0. The van der Waals surface area contributed by atoms with Crippen LogP contribution < -0.4 is 4.74 Å². The Balaban J connectivity index is 1.96. The van der Waals surface area contributed by atoms with Crippen molar-refractivity contribution in [3.05, 3.63) is 64.8 Å². The number of hydrogen-bond acceptors (Lipinski definition) is 4. The summed E-state index contributed by atoms with van der Waals surface area (Å²) in [6.07, 6.45) is 1.89. The largest absolute Gasteiger partial charge is 0.497 e. The number of methoxy groups -OCH3 is 1. The quantitative estimate of drug-likeness (QED) is 0.487. The average molecular weight is 424 g/mol. The molecule has 0 aliphatic heterocycles. The number of halogens is 1. The fraction of sp³-hybridized carbons (Fsp3) is 0.150. The third-order valence-electron chi connectivity index (χ3n) is 4.32. The molecule has 136 valence electrons.